The van der Waals surface area contributed by atoms with Crippen molar-refractivity contribution in [2.75, 3.05) is 12.8 Å². The Kier molecular flexibility index (Phi) is 2.59. The van der Waals surface area contributed by atoms with Crippen molar-refractivity contribution < 1.29 is 4.74 Å². The van der Waals surface area contributed by atoms with E-state index >= 15 is 0 Å². The van der Waals surface area contributed by atoms with E-state index in [1.165, 1.54) is 0 Å². The molecule has 0 atom stereocenters. The third kappa shape index (κ3) is 1.79. The van der Waals surface area contributed by atoms with Crippen molar-refractivity contribution in [3.8, 4) is 17.1 Å². The number of rotatable bonds is 2. The van der Waals surface area contributed by atoms with Crippen LogP contribution in [0.4, 0.5) is 5.69 Å². The third-order valence-corrected chi connectivity index (χ3v) is 3.18. The Labute approximate surface area is 110 Å². The minimum atomic E-state index is 0.644. The van der Waals surface area contributed by atoms with Gasteiger partial charge in [0.1, 0.15) is 17.1 Å². The highest BCUT2D eigenvalue weighted by Gasteiger charge is 2.12. The van der Waals surface area contributed by atoms with Crippen molar-refractivity contribution in [1.29, 1.82) is 0 Å². The molecule has 2 heterocycles. The van der Waals surface area contributed by atoms with Gasteiger partial charge in [0, 0.05) is 30.6 Å². The summed E-state index contributed by atoms with van der Waals surface area (Å²) in [5.41, 5.74) is 9.49. The lowest BCUT2D eigenvalue weighted by Gasteiger charge is -2.08. The van der Waals surface area contributed by atoms with E-state index in [0.29, 0.717) is 5.69 Å². The van der Waals surface area contributed by atoms with Crippen molar-refractivity contribution >= 4 is 16.7 Å². The number of fused-ring (bicyclic) bond motifs is 1. The molecule has 5 nitrogen and oxygen atoms in total. The van der Waals surface area contributed by atoms with Crippen LogP contribution in [-0.2, 0) is 7.05 Å². The fourth-order valence-corrected chi connectivity index (χ4v) is 2.16. The van der Waals surface area contributed by atoms with Crippen LogP contribution >= 0.6 is 0 Å². The number of benzene rings is 1. The number of ether oxygens (including phenoxy) is 1. The fourth-order valence-electron chi connectivity index (χ4n) is 2.16. The van der Waals surface area contributed by atoms with Crippen molar-refractivity contribution in [3.05, 3.63) is 36.7 Å². The Morgan fingerprint density at radius 1 is 1.26 bits per heavy atom. The third-order valence-electron chi connectivity index (χ3n) is 3.18. The minimum Gasteiger partial charge on any atom is -0.497 e. The van der Waals surface area contributed by atoms with Crippen LogP contribution in [0, 0.1) is 0 Å². The summed E-state index contributed by atoms with van der Waals surface area (Å²) < 4.78 is 7.17. The van der Waals surface area contributed by atoms with Gasteiger partial charge in [-0.3, -0.25) is 4.98 Å². The molecule has 0 saturated heterocycles. The van der Waals surface area contributed by atoms with E-state index in [4.69, 9.17) is 10.5 Å². The Hall–Kier alpha value is -2.56. The molecule has 0 fully saturated rings. The molecule has 0 unspecified atom stereocenters. The molecule has 3 aromatic rings. The number of aryl methyl sites for hydroxylation is 1. The van der Waals surface area contributed by atoms with E-state index in [1.807, 2.05) is 29.8 Å². The lowest BCUT2D eigenvalue weighted by Crippen LogP contribution is -1.97. The molecule has 19 heavy (non-hydrogen) atoms. The topological polar surface area (TPSA) is 66.0 Å². The monoisotopic (exact) mass is 254 g/mol. The number of nitrogens with zero attached hydrogens (tertiary/aromatic N) is 3. The maximum absolute atomic E-state index is 6.07. The number of anilines is 1. The molecule has 1 aromatic carbocycles. The minimum absolute atomic E-state index is 0.644. The molecule has 0 spiro atoms. The van der Waals surface area contributed by atoms with Crippen molar-refractivity contribution in [1.82, 2.24) is 14.5 Å². The van der Waals surface area contributed by atoms with E-state index in [1.54, 1.807) is 25.6 Å². The van der Waals surface area contributed by atoms with Crippen LogP contribution in [-0.4, -0.2) is 21.6 Å². The molecule has 0 saturated carbocycles. The first-order valence-corrected chi connectivity index (χ1v) is 5.91. The van der Waals surface area contributed by atoms with Gasteiger partial charge < -0.3 is 15.0 Å². The van der Waals surface area contributed by atoms with E-state index in [-0.39, 0.29) is 0 Å². The van der Waals surface area contributed by atoms with Crippen LogP contribution in [0.5, 0.6) is 5.75 Å². The summed E-state index contributed by atoms with van der Waals surface area (Å²) in [7, 11) is 3.59. The molecule has 0 aliphatic heterocycles. The molecule has 3 rings (SSSR count). The lowest BCUT2D eigenvalue weighted by atomic mass is 10.1. The maximum Gasteiger partial charge on any atom is 0.143 e. The molecule has 2 N–H and O–H groups in total. The number of hydrogen-bond donors (Lipinski definition) is 1. The number of nitrogens with two attached hydrogens (primary N) is 1. The molecular weight excluding hydrogens is 240 g/mol. The van der Waals surface area contributed by atoms with E-state index in [9.17, 15) is 0 Å². The number of aromatic nitrogens is 3. The van der Waals surface area contributed by atoms with Gasteiger partial charge in [-0.1, -0.05) is 0 Å². The molecule has 0 bridgehead atoms. The average Bonchev–Trinajstić information content (AvgIpc) is 2.76. The predicted octanol–water partition coefficient (Wildman–Crippen LogP) is 2.23. The molecule has 0 aliphatic carbocycles. The molecular formula is C14H14N4O. The molecule has 0 aliphatic rings. The van der Waals surface area contributed by atoms with Gasteiger partial charge in [-0.05, 0) is 18.2 Å². The zero-order valence-electron chi connectivity index (χ0n) is 10.8. The van der Waals surface area contributed by atoms with Crippen molar-refractivity contribution in [3.63, 3.8) is 0 Å². The normalized spacial score (nSPS) is 10.8. The first-order valence-electron chi connectivity index (χ1n) is 5.91. The van der Waals surface area contributed by atoms with Crippen molar-refractivity contribution in [2.45, 2.75) is 0 Å². The van der Waals surface area contributed by atoms with Crippen LogP contribution in [0.3, 0.4) is 0 Å². The lowest BCUT2D eigenvalue weighted by molar-refractivity contribution is 0.415. The van der Waals surface area contributed by atoms with Gasteiger partial charge in [0.05, 0.1) is 18.8 Å². The van der Waals surface area contributed by atoms with E-state index in [2.05, 4.69) is 9.97 Å². The Morgan fingerprint density at radius 2 is 2.11 bits per heavy atom. The van der Waals surface area contributed by atoms with Gasteiger partial charge in [-0.25, -0.2) is 4.98 Å². The first kappa shape index (κ1) is 11.5. The van der Waals surface area contributed by atoms with Crippen LogP contribution in [0.1, 0.15) is 0 Å². The molecule has 2 aromatic heterocycles. The van der Waals surface area contributed by atoms with Crippen LogP contribution in [0.2, 0.25) is 0 Å². The van der Waals surface area contributed by atoms with Gasteiger partial charge in [0.2, 0.25) is 0 Å². The van der Waals surface area contributed by atoms with Crippen molar-refractivity contribution in [2.24, 2.45) is 7.05 Å². The van der Waals surface area contributed by atoms with Gasteiger partial charge in [-0.15, -0.1) is 0 Å². The van der Waals surface area contributed by atoms with Gasteiger partial charge in [-0.2, -0.15) is 0 Å². The van der Waals surface area contributed by atoms with Crippen LogP contribution < -0.4 is 10.5 Å². The number of nitrogen functional groups attached to an aromatic ring is 1. The predicted molar refractivity (Wildman–Crippen MR) is 74.9 cm³/mol. The smallest absolute Gasteiger partial charge is 0.143 e. The van der Waals surface area contributed by atoms with Gasteiger partial charge >= 0.3 is 0 Å². The molecule has 5 heteroatoms. The number of hydrogen-bond acceptors (Lipinski definition) is 4. The molecule has 0 radical (unpaired) electrons. The largest absolute Gasteiger partial charge is 0.497 e. The fraction of sp³-hybridized carbons (Fsp3) is 0.143. The standard InChI is InChI=1S/C14H14N4O/c1-18-13-5-6-16-8-12(13)17-14(18)10-4-3-9(19-2)7-11(10)15/h3-8H,15H2,1-2H3. The zero-order chi connectivity index (χ0) is 13.4. The highest BCUT2D eigenvalue weighted by Crippen LogP contribution is 2.30. The second-order valence-electron chi connectivity index (χ2n) is 4.31. The highest BCUT2D eigenvalue weighted by atomic mass is 16.5. The Morgan fingerprint density at radius 3 is 2.79 bits per heavy atom. The number of imidazole rings is 1. The summed E-state index contributed by atoms with van der Waals surface area (Å²) in [5.74, 6) is 1.56. The Balaban J connectivity index is 2.21. The van der Waals surface area contributed by atoms with Gasteiger partial charge in [0.15, 0.2) is 0 Å². The SMILES string of the molecule is COc1ccc(-c2nc3cnccc3n2C)c(N)c1. The van der Waals surface area contributed by atoms with Crippen LogP contribution in [0.25, 0.3) is 22.4 Å². The second-order valence-corrected chi connectivity index (χ2v) is 4.31. The average molecular weight is 254 g/mol. The summed E-state index contributed by atoms with van der Waals surface area (Å²) >= 11 is 0. The maximum atomic E-state index is 6.07. The quantitative estimate of drug-likeness (QED) is 0.712. The summed E-state index contributed by atoms with van der Waals surface area (Å²) in [6.07, 6.45) is 3.50. The highest BCUT2D eigenvalue weighted by molar-refractivity contribution is 5.83. The van der Waals surface area contributed by atoms with Crippen LogP contribution in [0.15, 0.2) is 36.7 Å². The first-order chi connectivity index (χ1) is 9.20. The molecule has 0 amide bonds. The molecule has 96 valence electrons. The Bertz CT molecular complexity index is 748. The van der Waals surface area contributed by atoms with E-state index < -0.39 is 0 Å². The summed E-state index contributed by atoms with van der Waals surface area (Å²) in [6.45, 7) is 0. The second kappa shape index (κ2) is 4.28. The van der Waals surface area contributed by atoms with Gasteiger partial charge in [0.25, 0.3) is 0 Å². The van der Waals surface area contributed by atoms with E-state index in [0.717, 1.165) is 28.2 Å². The summed E-state index contributed by atoms with van der Waals surface area (Å²) in [6, 6.07) is 7.53. The number of methoxy groups -OCH3 is 1. The number of pyridine rings is 1. The zero-order valence-corrected chi connectivity index (χ0v) is 10.8. The summed E-state index contributed by atoms with van der Waals surface area (Å²) in [4.78, 5) is 8.66. The summed E-state index contributed by atoms with van der Waals surface area (Å²) in [5, 5.41) is 0.